The number of nitrogens with zero attached hydrogens (tertiary/aromatic N) is 5. The summed E-state index contributed by atoms with van der Waals surface area (Å²) in [5.41, 5.74) is 10.9. The lowest BCUT2D eigenvalue weighted by Crippen LogP contribution is -2.51. The standard InChI is InChI=1S/C41H45N5/c1-5-8-17-29-22-23-32-34(27-29)44-26-15-14-16-28(4)37(44)35-36(41(32,6-2)7-3)31-20-12-13-21-33(31)46-39-38(42-24-25-43-39)45(40(35)46)30-18-10-9-11-19-30/h9-13,15,18-28,37,40H,5-8,14,16-17H2,1-4H3. The highest BCUT2D eigenvalue weighted by molar-refractivity contribution is 5.99. The first kappa shape index (κ1) is 29.1. The zero-order chi connectivity index (χ0) is 31.4. The number of aromatic nitrogens is 2. The van der Waals surface area contributed by atoms with Crippen LogP contribution in [0.4, 0.5) is 28.7 Å². The number of anilines is 5. The SMILES string of the molecule is CCCCc1ccc2c(c1)N1C=CCCC(C)C1C1=C(c3ccccc3N3c4nccnc4N(c4ccccc4)C13)C2(CC)CC. The first-order valence-electron chi connectivity index (χ1n) is 17.5. The molecular formula is C41H45N5. The van der Waals surface area contributed by atoms with Gasteiger partial charge in [0.05, 0.1) is 11.7 Å². The number of aryl methyl sites for hydroxylation is 1. The molecule has 0 amide bonds. The number of benzene rings is 3. The quantitative estimate of drug-likeness (QED) is 0.218. The van der Waals surface area contributed by atoms with Crippen LogP contribution in [0.1, 0.15) is 82.9 Å². The van der Waals surface area contributed by atoms with Gasteiger partial charge in [-0.3, -0.25) is 9.80 Å². The van der Waals surface area contributed by atoms with E-state index in [-0.39, 0.29) is 17.6 Å². The fourth-order valence-corrected chi connectivity index (χ4v) is 9.01. The van der Waals surface area contributed by atoms with Crippen LogP contribution < -0.4 is 14.7 Å². The monoisotopic (exact) mass is 607 g/mol. The van der Waals surface area contributed by atoms with Crippen LogP contribution in [0.5, 0.6) is 0 Å². The normalized spacial score (nSPS) is 22.3. The molecule has 5 heterocycles. The van der Waals surface area contributed by atoms with Crippen molar-refractivity contribution in [2.75, 3.05) is 14.7 Å². The summed E-state index contributed by atoms with van der Waals surface area (Å²) in [5.74, 6) is 2.29. The summed E-state index contributed by atoms with van der Waals surface area (Å²) in [7, 11) is 0. The van der Waals surface area contributed by atoms with Crippen molar-refractivity contribution in [3.05, 3.63) is 120 Å². The van der Waals surface area contributed by atoms with Crippen LogP contribution in [-0.4, -0.2) is 22.2 Å². The van der Waals surface area contributed by atoms with Gasteiger partial charge in [0.1, 0.15) is 6.17 Å². The predicted octanol–water partition coefficient (Wildman–Crippen LogP) is 10.1. The molecule has 0 radical (unpaired) electrons. The molecule has 0 saturated carbocycles. The molecular weight excluding hydrogens is 562 g/mol. The maximum Gasteiger partial charge on any atom is 0.178 e. The van der Waals surface area contributed by atoms with E-state index in [4.69, 9.17) is 9.97 Å². The molecule has 5 heteroatoms. The van der Waals surface area contributed by atoms with E-state index in [1.54, 1.807) is 0 Å². The van der Waals surface area contributed by atoms with Crippen LogP contribution in [-0.2, 0) is 11.8 Å². The number of hydrogen-bond acceptors (Lipinski definition) is 5. The zero-order valence-electron chi connectivity index (χ0n) is 27.7. The highest BCUT2D eigenvalue weighted by Crippen LogP contribution is 2.62. The number of rotatable bonds is 6. The molecule has 0 spiro atoms. The lowest BCUT2D eigenvalue weighted by Gasteiger charge is -2.47. The van der Waals surface area contributed by atoms with Gasteiger partial charge >= 0.3 is 0 Å². The van der Waals surface area contributed by atoms with Crippen molar-refractivity contribution in [1.82, 2.24) is 9.97 Å². The Balaban J connectivity index is 1.50. The molecule has 46 heavy (non-hydrogen) atoms. The maximum absolute atomic E-state index is 5.05. The third-order valence-corrected chi connectivity index (χ3v) is 11.2. The molecule has 4 aromatic rings. The van der Waals surface area contributed by atoms with E-state index in [0.29, 0.717) is 5.92 Å². The van der Waals surface area contributed by atoms with Crippen molar-refractivity contribution in [2.45, 2.75) is 90.3 Å². The van der Waals surface area contributed by atoms with Crippen LogP contribution in [0.3, 0.4) is 0 Å². The lowest BCUT2D eigenvalue weighted by molar-refractivity contribution is 0.451. The number of unbranched alkanes of at least 4 members (excludes halogenated alkanes) is 1. The van der Waals surface area contributed by atoms with Gasteiger partial charge in [-0.25, -0.2) is 9.97 Å². The Bertz CT molecular complexity index is 1800. The van der Waals surface area contributed by atoms with Gasteiger partial charge in [0.2, 0.25) is 0 Å². The average molecular weight is 608 g/mol. The van der Waals surface area contributed by atoms with E-state index in [9.17, 15) is 0 Å². The third-order valence-electron chi connectivity index (χ3n) is 11.2. The third kappa shape index (κ3) is 4.13. The van der Waals surface area contributed by atoms with Gasteiger partial charge in [0, 0.05) is 46.5 Å². The van der Waals surface area contributed by atoms with E-state index in [1.165, 1.54) is 52.1 Å². The fourth-order valence-electron chi connectivity index (χ4n) is 9.01. The lowest BCUT2D eigenvalue weighted by atomic mass is 9.64. The summed E-state index contributed by atoms with van der Waals surface area (Å²) in [6.07, 6.45) is 16.3. The van der Waals surface area contributed by atoms with Crippen molar-refractivity contribution in [3.8, 4) is 0 Å². The molecule has 0 saturated heterocycles. The van der Waals surface area contributed by atoms with E-state index < -0.39 is 0 Å². The van der Waals surface area contributed by atoms with Crippen LogP contribution in [0.2, 0.25) is 0 Å². The van der Waals surface area contributed by atoms with Gasteiger partial charge < -0.3 is 4.90 Å². The second kappa shape index (κ2) is 11.5. The highest BCUT2D eigenvalue weighted by Gasteiger charge is 2.55. The fraction of sp³-hybridized carbons (Fsp3) is 0.366. The Morgan fingerprint density at radius 3 is 2.33 bits per heavy atom. The van der Waals surface area contributed by atoms with Crippen molar-refractivity contribution in [2.24, 2.45) is 5.92 Å². The molecule has 3 atom stereocenters. The molecule has 3 unspecified atom stereocenters. The molecule has 234 valence electrons. The van der Waals surface area contributed by atoms with Crippen molar-refractivity contribution in [3.63, 3.8) is 0 Å². The van der Waals surface area contributed by atoms with Crippen LogP contribution in [0.15, 0.2) is 103 Å². The average Bonchev–Trinajstić information content (AvgIpc) is 3.27. The molecule has 3 aromatic carbocycles. The second-order valence-corrected chi connectivity index (χ2v) is 13.5. The summed E-state index contributed by atoms with van der Waals surface area (Å²) in [4.78, 5) is 17.8. The predicted molar refractivity (Wildman–Crippen MR) is 191 cm³/mol. The van der Waals surface area contributed by atoms with Gasteiger partial charge in [-0.15, -0.1) is 0 Å². The first-order chi connectivity index (χ1) is 22.6. The molecule has 0 bridgehead atoms. The summed E-state index contributed by atoms with van der Waals surface area (Å²) in [6.45, 7) is 9.60. The molecule has 4 aliphatic rings. The second-order valence-electron chi connectivity index (χ2n) is 13.5. The summed E-state index contributed by atoms with van der Waals surface area (Å²) >= 11 is 0. The Hall–Kier alpha value is -4.38. The van der Waals surface area contributed by atoms with E-state index in [0.717, 1.165) is 49.4 Å². The Morgan fingerprint density at radius 1 is 0.826 bits per heavy atom. The van der Waals surface area contributed by atoms with Crippen LogP contribution >= 0.6 is 0 Å². The Morgan fingerprint density at radius 2 is 1.57 bits per heavy atom. The zero-order valence-corrected chi connectivity index (χ0v) is 27.7. The number of para-hydroxylation sites is 2. The summed E-state index contributed by atoms with van der Waals surface area (Å²) in [6, 6.07) is 27.6. The van der Waals surface area contributed by atoms with Crippen molar-refractivity contribution >= 4 is 34.3 Å². The number of fused-ring (bicyclic) bond motifs is 11. The number of hydrogen-bond donors (Lipinski definition) is 0. The minimum absolute atomic E-state index is 0.0856. The molecule has 4 aliphatic heterocycles. The van der Waals surface area contributed by atoms with E-state index in [2.05, 4.69) is 127 Å². The van der Waals surface area contributed by atoms with E-state index >= 15 is 0 Å². The van der Waals surface area contributed by atoms with Gasteiger partial charge in [-0.05, 0) is 85.4 Å². The largest absolute Gasteiger partial charge is 0.340 e. The van der Waals surface area contributed by atoms with Gasteiger partial charge in [-0.1, -0.05) is 88.7 Å². The Kier molecular flexibility index (Phi) is 7.23. The minimum atomic E-state index is -0.159. The molecule has 0 aliphatic carbocycles. The van der Waals surface area contributed by atoms with Gasteiger partial charge in [-0.2, -0.15) is 0 Å². The van der Waals surface area contributed by atoms with Gasteiger partial charge in [0.15, 0.2) is 11.6 Å². The molecule has 0 N–H and O–H groups in total. The maximum atomic E-state index is 5.05. The molecule has 1 aromatic heterocycles. The first-order valence-corrected chi connectivity index (χ1v) is 17.5. The Labute approximate surface area is 274 Å². The smallest absolute Gasteiger partial charge is 0.178 e. The van der Waals surface area contributed by atoms with Gasteiger partial charge in [0.25, 0.3) is 0 Å². The number of allylic oxidation sites excluding steroid dienone is 2. The molecule has 8 rings (SSSR count). The minimum Gasteiger partial charge on any atom is -0.340 e. The van der Waals surface area contributed by atoms with Crippen LogP contribution in [0.25, 0.3) is 5.57 Å². The van der Waals surface area contributed by atoms with Crippen molar-refractivity contribution < 1.29 is 0 Å². The van der Waals surface area contributed by atoms with Crippen LogP contribution in [0, 0.1) is 5.92 Å². The molecule has 5 nitrogen and oxygen atoms in total. The summed E-state index contributed by atoms with van der Waals surface area (Å²) in [5, 5.41) is 0. The topological polar surface area (TPSA) is 35.5 Å². The molecule has 0 fully saturated rings. The highest BCUT2D eigenvalue weighted by atomic mass is 15.5. The van der Waals surface area contributed by atoms with Crippen molar-refractivity contribution in [1.29, 1.82) is 0 Å². The van der Waals surface area contributed by atoms with E-state index in [1.807, 2.05) is 12.4 Å². The summed E-state index contributed by atoms with van der Waals surface area (Å²) < 4.78 is 0.